The third kappa shape index (κ3) is 9400. The van der Waals surface area contributed by atoms with E-state index >= 15 is 0 Å². The molecule has 19 heavy (non-hydrogen) atoms. The van der Waals surface area contributed by atoms with E-state index in [1.54, 1.807) is 6.08 Å². The van der Waals surface area contributed by atoms with Crippen LogP contribution in [0.4, 0.5) is 50.4 Å². The fourth-order valence-corrected chi connectivity index (χ4v) is 0. The molecule has 0 saturated heterocycles. The third-order valence-electron chi connectivity index (χ3n) is 0.204. The molecule has 0 aromatic carbocycles. The first-order valence-corrected chi connectivity index (χ1v) is 7.40. The summed E-state index contributed by atoms with van der Waals surface area (Å²) >= 11 is 0. The van der Waals surface area contributed by atoms with Crippen LogP contribution < -0.4 is 11.9 Å². The minimum Gasteiger partial charge on any atom is -0.369 e. The van der Waals surface area contributed by atoms with Crippen LogP contribution >= 0.6 is 15.6 Å². The zero-order chi connectivity index (χ0) is 16.2. The molecule has 7 N–H and O–H groups in total. The fraction of sp³-hybridized carbons (Fsp3) is 0.333. The molecule has 0 heterocycles. The topological polar surface area (TPSA) is 64.1 Å². The van der Waals surface area contributed by atoms with Crippen molar-refractivity contribution in [3.05, 3.63) is 12.7 Å². The Kier molecular flexibility index (Phi) is 6.99. The summed E-state index contributed by atoms with van der Waals surface area (Å²) in [5, 5.41) is 0. The smallest absolute Gasteiger partial charge is 0.369 e. The molecule has 0 aromatic heterocycles. The summed E-state index contributed by atoms with van der Waals surface area (Å²) < 4.78 is 118. The van der Waals surface area contributed by atoms with Crippen LogP contribution in [0.5, 0.6) is 0 Å². The molecule has 0 fully saturated rings. The van der Waals surface area contributed by atoms with Gasteiger partial charge in [0.2, 0.25) is 0 Å². The molecule has 0 aliphatic carbocycles. The molecule has 0 rings (SSSR count). The Morgan fingerprint density at radius 2 is 0.737 bits per heavy atom. The van der Waals surface area contributed by atoms with Crippen LogP contribution in [0.2, 0.25) is 0 Å². The zero-order valence-corrected chi connectivity index (χ0v) is 10.9. The molecule has 0 bridgehead atoms. The molecule has 0 aliphatic rings. The van der Waals surface area contributed by atoms with E-state index in [9.17, 15) is 50.4 Å². The van der Waals surface area contributed by atoms with Crippen molar-refractivity contribution in [1.29, 1.82) is 0 Å². The van der Waals surface area contributed by atoms with Crippen LogP contribution in [0.15, 0.2) is 12.7 Å². The monoisotopic (exact) mass is 366 g/mol. The predicted octanol–water partition coefficient (Wildman–Crippen LogP) is 6.56. The van der Waals surface area contributed by atoms with E-state index in [0.717, 1.165) is 6.54 Å². The Balaban J connectivity index is -0.0000000900. The molecule has 0 aliphatic heterocycles. The Morgan fingerprint density at radius 3 is 0.737 bits per heavy atom. The average molecular weight is 366 g/mol. The second-order valence-corrected chi connectivity index (χ2v) is 6.33. The van der Waals surface area contributed by atoms with Gasteiger partial charge in [-0.25, -0.2) is 0 Å². The number of halogens is 12. The number of quaternary nitrogens is 2. The quantitative estimate of drug-likeness (QED) is 0.300. The Hall–Kier alpha value is -0.320. The van der Waals surface area contributed by atoms with Crippen molar-refractivity contribution < 1.29 is 56.1 Å². The minimum absolute atomic E-state index is 0. The summed E-state index contributed by atoms with van der Waals surface area (Å²) in [5.74, 6) is 0. The number of hydrogen-bond acceptors (Lipinski definition) is 0. The predicted molar refractivity (Wildman–Crippen MR) is 51.1 cm³/mol. The second kappa shape index (κ2) is 4.90. The van der Waals surface area contributed by atoms with E-state index in [1.807, 2.05) is 0 Å². The Labute approximate surface area is 98.2 Å². The van der Waals surface area contributed by atoms with Crippen molar-refractivity contribution in [2.45, 2.75) is 0 Å². The second-order valence-electron chi connectivity index (χ2n) is 2.49. The van der Waals surface area contributed by atoms with Gasteiger partial charge < -0.3 is 11.9 Å². The molecule has 0 radical (unpaired) electrons. The fourth-order valence-electron chi connectivity index (χ4n) is 0. The Morgan fingerprint density at radius 1 is 0.684 bits per heavy atom. The van der Waals surface area contributed by atoms with Gasteiger partial charge in [0.15, 0.2) is 0 Å². The molecular weight excluding hydrogens is 354 g/mol. The van der Waals surface area contributed by atoms with Gasteiger partial charge in [-0.3, -0.25) is 0 Å². The van der Waals surface area contributed by atoms with Crippen LogP contribution in [-0.4, -0.2) is 6.54 Å². The van der Waals surface area contributed by atoms with E-state index in [1.165, 1.54) is 0 Å². The average Bonchev–Trinajstić information content (AvgIpc) is 1.71. The summed E-state index contributed by atoms with van der Waals surface area (Å²) in [6.45, 7) is 4.25. The molecule has 0 unspecified atom stereocenters. The van der Waals surface area contributed by atoms with E-state index in [4.69, 9.17) is 0 Å². The molecule has 16 heteroatoms. The standard InChI is InChI=1S/C3H7N.2F6P.H3N/c1-2-3-4;2*1-7(2,3,4,5)6;/h2H,1,3-4H2;;;1H3/q;2*-1;/p+2. The van der Waals surface area contributed by atoms with Gasteiger partial charge in [0, 0.05) is 0 Å². The van der Waals surface area contributed by atoms with Crippen LogP contribution in [0, 0.1) is 0 Å². The van der Waals surface area contributed by atoms with Crippen molar-refractivity contribution in [2.75, 3.05) is 6.54 Å². The van der Waals surface area contributed by atoms with E-state index in [-0.39, 0.29) is 6.15 Å². The molecule has 0 atom stereocenters. The van der Waals surface area contributed by atoms with Gasteiger partial charge >= 0.3 is 66.0 Å². The summed E-state index contributed by atoms with van der Waals surface area (Å²) in [4.78, 5) is 0. The molecule has 0 aromatic rings. The van der Waals surface area contributed by atoms with Gasteiger partial charge in [0.1, 0.15) is 0 Å². The van der Waals surface area contributed by atoms with Crippen LogP contribution in [0.1, 0.15) is 0 Å². The van der Waals surface area contributed by atoms with Crippen molar-refractivity contribution in [2.24, 2.45) is 0 Å². The van der Waals surface area contributed by atoms with Crippen LogP contribution in [0.3, 0.4) is 0 Å². The normalized spacial score (nSPS) is 18.4. The van der Waals surface area contributed by atoms with Crippen molar-refractivity contribution in [1.82, 2.24) is 6.15 Å². The zero-order valence-electron chi connectivity index (χ0n) is 9.13. The maximum atomic E-state index is 9.87. The number of hydrogen-bond donors (Lipinski definition) is 2. The third-order valence-corrected chi connectivity index (χ3v) is 0.204. The van der Waals surface area contributed by atoms with Gasteiger partial charge in [0.05, 0.1) is 6.54 Å². The van der Waals surface area contributed by atoms with E-state index < -0.39 is 15.6 Å². The minimum atomic E-state index is -10.7. The van der Waals surface area contributed by atoms with Crippen molar-refractivity contribution >= 4 is 15.6 Å². The Bertz CT molecular complexity index is 226. The van der Waals surface area contributed by atoms with Crippen LogP contribution in [-0.2, 0) is 0 Å². The van der Waals surface area contributed by atoms with Gasteiger partial charge in [-0.1, -0.05) is 6.58 Å². The maximum absolute atomic E-state index is 10.7. The summed E-state index contributed by atoms with van der Waals surface area (Å²) in [7, 11) is -21.3. The summed E-state index contributed by atoms with van der Waals surface area (Å²) in [5.41, 5.74) is 3.49. The molecular formula is C3H12F12N2P2. The van der Waals surface area contributed by atoms with Gasteiger partial charge in [0.25, 0.3) is 0 Å². The molecule has 0 spiro atoms. The summed E-state index contributed by atoms with van der Waals surface area (Å²) in [6, 6.07) is 0. The first-order valence-electron chi connectivity index (χ1n) is 3.34. The van der Waals surface area contributed by atoms with E-state index in [2.05, 4.69) is 12.3 Å². The maximum Gasteiger partial charge on any atom is -0.369 e. The van der Waals surface area contributed by atoms with Gasteiger partial charge in [-0.15, -0.1) is 0 Å². The van der Waals surface area contributed by atoms with Crippen molar-refractivity contribution in [3.8, 4) is 0 Å². The molecule has 128 valence electrons. The first kappa shape index (κ1) is 27.1. The molecule has 0 amide bonds. The van der Waals surface area contributed by atoms with Gasteiger partial charge in [-0.2, -0.15) is 0 Å². The van der Waals surface area contributed by atoms with Crippen molar-refractivity contribution in [3.63, 3.8) is 0 Å². The van der Waals surface area contributed by atoms with Crippen LogP contribution in [0.25, 0.3) is 0 Å². The molecule has 0 saturated carbocycles. The first-order chi connectivity index (χ1) is 6.81. The number of rotatable bonds is 1. The summed E-state index contributed by atoms with van der Waals surface area (Å²) in [6.07, 6.45) is 1.76. The van der Waals surface area contributed by atoms with Gasteiger partial charge in [-0.05, 0) is 6.08 Å². The SMILES string of the molecule is C=CC[NH3+].F[P-](F)(F)(F)(F)F.F[P-](F)(F)(F)(F)F.[NH4+]. The van der Waals surface area contributed by atoms with E-state index in [0.29, 0.717) is 0 Å². The largest absolute Gasteiger partial charge is 0.369 e. The molecule has 2 nitrogen and oxygen atoms in total.